The maximum absolute atomic E-state index is 11.0. The number of primary amides is 1. The molecule has 1 fully saturated rings. The van der Waals surface area contributed by atoms with Gasteiger partial charge in [0.2, 0.25) is 0 Å². The Kier molecular flexibility index (Phi) is 14.7. The van der Waals surface area contributed by atoms with Gasteiger partial charge in [-0.05, 0) is 60.1 Å². The highest BCUT2D eigenvalue weighted by Gasteiger charge is 2.13. The molecule has 1 aliphatic rings. The van der Waals surface area contributed by atoms with Gasteiger partial charge in [-0.25, -0.2) is 0 Å². The molecule has 0 saturated carbocycles. The number of nitrogens with two attached hydrogens (primary N) is 1. The first-order chi connectivity index (χ1) is 12.6. The maximum atomic E-state index is 11.0. The monoisotopic (exact) mass is 501 g/mol. The van der Waals surface area contributed by atoms with Crippen molar-refractivity contribution in [1.82, 2.24) is 10.2 Å². The molecule has 7 nitrogen and oxygen atoms in total. The molecule has 3 N–H and O–H groups in total. The van der Waals surface area contributed by atoms with Gasteiger partial charge in [0.1, 0.15) is 0 Å². The van der Waals surface area contributed by atoms with Crippen molar-refractivity contribution < 1.29 is 19.0 Å². The molecule has 0 aliphatic carbocycles. The van der Waals surface area contributed by atoms with Crippen molar-refractivity contribution in [3.05, 3.63) is 22.2 Å². The summed E-state index contributed by atoms with van der Waals surface area (Å²) in [5.74, 6) is 0.584. The van der Waals surface area contributed by atoms with Crippen molar-refractivity contribution in [1.29, 1.82) is 0 Å². The lowest BCUT2D eigenvalue weighted by Gasteiger charge is -2.26. The van der Waals surface area contributed by atoms with Crippen LogP contribution in [-0.4, -0.2) is 63.4 Å². The summed E-state index contributed by atoms with van der Waals surface area (Å²) in [5.41, 5.74) is 6.23. The summed E-state index contributed by atoms with van der Waals surface area (Å²) in [6.07, 6.45) is 1.10. The van der Waals surface area contributed by atoms with Crippen LogP contribution in [0, 0.1) is 0 Å². The molecule has 162 valence electrons. The molecule has 0 spiro atoms. The topological polar surface area (TPSA) is 86.1 Å². The number of amides is 1. The minimum atomic E-state index is -0.523. The third kappa shape index (κ3) is 9.62. The molecule has 1 amide bonds. The molecular formula is C18H30BrCl2N3O4. The van der Waals surface area contributed by atoms with Crippen LogP contribution in [0.25, 0.3) is 0 Å². The molecule has 1 aliphatic heterocycles. The summed E-state index contributed by atoms with van der Waals surface area (Å²) in [6.45, 7) is 8.73. The van der Waals surface area contributed by atoms with E-state index in [1.807, 2.05) is 19.1 Å². The van der Waals surface area contributed by atoms with Crippen LogP contribution < -0.4 is 20.5 Å². The Balaban J connectivity index is 0.00000364. The number of hydrogen-bond donors (Lipinski definition) is 2. The van der Waals surface area contributed by atoms with Gasteiger partial charge >= 0.3 is 0 Å². The van der Waals surface area contributed by atoms with Crippen molar-refractivity contribution in [3.8, 4) is 11.5 Å². The van der Waals surface area contributed by atoms with Crippen LogP contribution in [-0.2, 0) is 16.1 Å². The molecule has 0 radical (unpaired) electrons. The molecule has 0 bridgehead atoms. The SMILES string of the molecule is CCOc1cc(CNCCCN2CCOCC2)cc(Br)c1OCC(N)=O.Cl.Cl. The lowest BCUT2D eigenvalue weighted by molar-refractivity contribution is -0.119. The Morgan fingerprint density at radius 3 is 2.64 bits per heavy atom. The van der Waals surface area contributed by atoms with Crippen molar-refractivity contribution >= 4 is 46.7 Å². The summed E-state index contributed by atoms with van der Waals surface area (Å²) in [4.78, 5) is 13.4. The van der Waals surface area contributed by atoms with E-state index in [-0.39, 0.29) is 31.4 Å². The second-order valence-corrected chi connectivity index (χ2v) is 6.93. The molecule has 28 heavy (non-hydrogen) atoms. The zero-order valence-corrected chi connectivity index (χ0v) is 19.3. The standard InChI is InChI=1S/C18H28BrN3O4.2ClH/c1-2-25-16-11-14(10-15(19)18(16)26-13-17(20)23)12-21-4-3-5-22-6-8-24-9-7-22;;/h10-11,21H,2-9,12-13H2,1H3,(H2,20,23);2*1H. The van der Waals surface area contributed by atoms with Crippen molar-refractivity contribution in [3.63, 3.8) is 0 Å². The number of rotatable bonds is 11. The largest absolute Gasteiger partial charge is 0.490 e. The molecule has 10 heteroatoms. The summed E-state index contributed by atoms with van der Waals surface area (Å²) in [7, 11) is 0. The lowest BCUT2D eigenvalue weighted by Crippen LogP contribution is -2.37. The quantitative estimate of drug-likeness (QED) is 0.452. The van der Waals surface area contributed by atoms with Crippen LogP contribution in [0.3, 0.4) is 0 Å². The Morgan fingerprint density at radius 1 is 1.29 bits per heavy atom. The van der Waals surface area contributed by atoms with E-state index < -0.39 is 5.91 Å². The molecule has 1 aromatic rings. The van der Waals surface area contributed by atoms with E-state index in [4.69, 9.17) is 19.9 Å². The zero-order chi connectivity index (χ0) is 18.8. The first-order valence-electron chi connectivity index (χ1n) is 8.97. The van der Waals surface area contributed by atoms with Gasteiger partial charge in [0, 0.05) is 19.6 Å². The van der Waals surface area contributed by atoms with E-state index in [1.54, 1.807) is 0 Å². The zero-order valence-electron chi connectivity index (χ0n) is 16.1. The molecule has 0 atom stereocenters. The van der Waals surface area contributed by atoms with E-state index in [2.05, 4.69) is 26.1 Å². The molecular weight excluding hydrogens is 473 g/mol. The summed E-state index contributed by atoms with van der Waals surface area (Å²) >= 11 is 3.49. The molecule has 2 rings (SSSR count). The van der Waals surface area contributed by atoms with Gasteiger partial charge in [-0.1, -0.05) is 0 Å². The minimum Gasteiger partial charge on any atom is -0.490 e. The van der Waals surface area contributed by atoms with Crippen molar-refractivity contribution in [2.45, 2.75) is 19.9 Å². The summed E-state index contributed by atoms with van der Waals surface area (Å²) in [5, 5.41) is 3.46. The predicted octanol–water partition coefficient (Wildman–Crippen LogP) is 2.37. The van der Waals surface area contributed by atoms with Gasteiger partial charge < -0.3 is 25.3 Å². The van der Waals surface area contributed by atoms with Crippen LogP contribution in [0.1, 0.15) is 18.9 Å². The molecule has 1 aromatic carbocycles. The van der Waals surface area contributed by atoms with Gasteiger partial charge in [0.15, 0.2) is 18.1 Å². The Hall–Kier alpha value is -0.770. The maximum Gasteiger partial charge on any atom is 0.255 e. The van der Waals surface area contributed by atoms with E-state index in [0.717, 1.165) is 62.4 Å². The molecule has 1 saturated heterocycles. The number of nitrogens with zero attached hydrogens (tertiary/aromatic N) is 1. The fourth-order valence-corrected chi connectivity index (χ4v) is 3.36. The van der Waals surface area contributed by atoms with Crippen LogP contribution in [0.5, 0.6) is 11.5 Å². The smallest absolute Gasteiger partial charge is 0.255 e. The van der Waals surface area contributed by atoms with Gasteiger partial charge in [-0.2, -0.15) is 0 Å². The average molecular weight is 503 g/mol. The fraction of sp³-hybridized carbons (Fsp3) is 0.611. The number of hydrogen-bond acceptors (Lipinski definition) is 6. The van der Waals surface area contributed by atoms with E-state index >= 15 is 0 Å². The normalized spacial score (nSPS) is 13.9. The second kappa shape index (κ2) is 15.1. The first kappa shape index (κ1) is 27.2. The van der Waals surface area contributed by atoms with Crippen molar-refractivity contribution in [2.75, 3.05) is 52.6 Å². The van der Waals surface area contributed by atoms with E-state index in [0.29, 0.717) is 18.1 Å². The number of benzene rings is 1. The van der Waals surface area contributed by atoms with E-state index in [1.165, 1.54) is 0 Å². The fourth-order valence-electron chi connectivity index (χ4n) is 2.75. The lowest BCUT2D eigenvalue weighted by atomic mass is 10.2. The first-order valence-corrected chi connectivity index (χ1v) is 9.76. The molecule has 1 heterocycles. The predicted molar refractivity (Wildman–Crippen MR) is 118 cm³/mol. The Bertz CT molecular complexity index is 590. The number of nitrogens with one attached hydrogen (secondary N) is 1. The Labute approximate surface area is 187 Å². The summed E-state index contributed by atoms with van der Waals surface area (Å²) in [6, 6.07) is 3.90. The average Bonchev–Trinajstić information content (AvgIpc) is 2.61. The highest BCUT2D eigenvalue weighted by molar-refractivity contribution is 9.10. The molecule has 0 aromatic heterocycles. The van der Waals surface area contributed by atoms with Gasteiger partial charge in [-0.15, -0.1) is 24.8 Å². The van der Waals surface area contributed by atoms with Gasteiger partial charge in [0.25, 0.3) is 5.91 Å². The van der Waals surface area contributed by atoms with Crippen LogP contribution in [0.4, 0.5) is 0 Å². The molecule has 0 unspecified atom stereocenters. The highest BCUT2D eigenvalue weighted by Crippen LogP contribution is 2.36. The third-order valence-corrected chi connectivity index (χ3v) is 4.58. The van der Waals surface area contributed by atoms with Crippen LogP contribution >= 0.6 is 40.7 Å². The second-order valence-electron chi connectivity index (χ2n) is 6.08. The number of halogens is 3. The van der Waals surface area contributed by atoms with Gasteiger partial charge in [0.05, 0.1) is 24.3 Å². The van der Waals surface area contributed by atoms with Crippen LogP contribution in [0.15, 0.2) is 16.6 Å². The minimum absolute atomic E-state index is 0. The van der Waals surface area contributed by atoms with Crippen LogP contribution in [0.2, 0.25) is 0 Å². The number of carbonyl (C=O) groups is 1. The van der Waals surface area contributed by atoms with Gasteiger partial charge in [-0.3, -0.25) is 9.69 Å². The number of morpholine rings is 1. The summed E-state index contributed by atoms with van der Waals surface area (Å²) < 4.78 is 17.2. The van der Waals surface area contributed by atoms with E-state index in [9.17, 15) is 4.79 Å². The third-order valence-electron chi connectivity index (χ3n) is 3.99. The van der Waals surface area contributed by atoms with Crippen molar-refractivity contribution in [2.24, 2.45) is 5.73 Å². The highest BCUT2D eigenvalue weighted by atomic mass is 79.9. The number of ether oxygens (including phenoxy) is 3. The Morgan fingerprint density at radius 2 is 2.00 bits per heavy atom. The number of carbonyl (C=O) groups excluding carboxylic acids is 1.